The molecule has 8 nitrogen and oxygen atoms in total. The molecule has 2 aromatic rings. The average Bonchev–Trinajstić information content (AvgIpc) is 3.04. The highest BCUT2D eigenvalue weighted by molar-refractivity contribution is 6.30. The summed E-state index contributed by atoms with van der Waals surface area (Å²) in [6, 6.07) is 8.83. The highest BCUT2D eigenvalue weighted by Crippen LogP contribution is 2.27. The third-order valence-electron chi connectivity index (χ3n) is 6.76. The van der Waals surface area contributed by atoms with Gasteiger partial charge in [-0.3, -0.25) is 19.1 Å². The van der Waals surface area contributed by atoms with Gasteiger partial charge in [-0.25, -0.2) is 0 Å². The fraction of sp³-hybridized carbons (Fsp3) is 0.500. The van der Waals surface area contributed by atoms with E-state index >= 15 is 0 Å². The van der Waals surface area contributed by atoms with Crippen molar-refractivity contribution < 1.29 is 14.4 Å². The molecule has 1 aromatic carbocycles. The number of nitrogens with one attached hydrogen (secondary N) is 2. The Balaban J connectivity index is 1.47. The number of carbonyl (C=O) groups excluding carboxylic acids is 3. The molecule has 176 valence electrons. The second-order valence-corrected chi connectivity index (χ2v) is 9.62. The maximum absolute atomic E-state index is 13.3. The minimum Gasteiger partial charge on any atom is -0.351 e. The van der Waals surface area contributed by atoms with Gasteiger partial charge in [0.2, 0.25) is 5.91 Å². The molecule has 0 spiro atoms. The van der Waals surface area contributed by atoms with Crippen molar-refractivity contribution in [3.8, 4) is 0 Å². The number of halogens is 1. The zero-order valence-electron chi connectivity index (χ0n) is 19.1. The van der Waals surface area contributed by atoms with Crippen LogP contribution < -0.4 is 10.6 Å². The molecule has 1 atom stereocenters. The van der Waals surface area contributed by atoms with E-state index in [2.05, 4.69) is 15.7 Å². The minimum absolute atomic E-state index is 0.132. The van der Waals surface area contributed by atoms with Crippen molar-refractivity contribution in [3.05, 3.63) is 52.3 Å². The van der Waals surface area contributed by atoms with Crippen LogP contribution in [0.25, 0.3) is 0 Å². The van der Waals surface area contributed by atoms with Crippen molar-refractivity contribution >= 4 is 29.3 Å². The van der Waals surface area contributed by atoms with Gasteiger partial charge in [0.05, 0.1) is 6.54 Å². The van der Waals surface area contributed by atoms with Crippen molar-refractivity contribution in [1.29, 1.82) is 0 Å². The summed E-state index contributed by atoms with van der Waals surface area (Å²) < 4.78 is 1.48. The number of amides is 3. The lowest BCUT2D eigenvalue weighted by Gasteiger charge is -2.41. The lowest BCUT2D eigenvalue weighted by atomic mass is 9.95. The third kappa shape index (κ3) is 4.90. The predicted molar refractivity (Wildman–Crippen MR) is 125 cm³/mol. The summed E-state index contributed by atoms with van der Waals surface area (Å²) in [5, 5.41) is 10.9. The number of likely N-dealkylation sites (N-methyl/N-ethyl adjacent to an activating group) is 1. The van der Waals surface area contributed by atoms with Crippen LogP contribution in [-0.2, 0) is 17.9 Å². The Morgan fingerprint density at radius 2 is 1.91 bits per heavy atom. The molecule has 2 aliphatic rings. The molecule has 1 fully saturated rings. The zero-order chi connectivity index (χ0) is 23.6. The fourth-order valence-electron chi connectivity index (χ4n) is 4.52. The summed E-state index contributed by atoms with van der Waals surface area (Å²) in [7, 11) is 1.63. The van der Waals surface area contributed by atoms with E-state index < -0.39 is 11.4 Å². The summed E-state index contributed by atoms with van der Waals surface area (Å²) >= 11 is 5.99. The minimum atomic E-state index is -1.09. The summed E-state index contributed by atoms with van der Waals surface area (Å²) in [6.45, 7) is 2.22. The molecule has 1 aromatic heterocycles. The first-order chi connectivity index (χ1) is 15.8. The molecule has 4 rings (SSSR count). The number of rotatable bonds is 5. The van der Waals surface area contributed by atoms with Crippen LogP contribution in [0.2, 0.25) is 5.02 Å². The van der Waals surface area contributed by atoms with Crippen LogP contribution >= 0.6 is 11.6 Å². The predicted octanol–water partition coefficient (Wildman–Crippen LogP) is 3.15. The Labute approximate surface area is 198 Å². The van der Waals surface area contributed by atoms with Crippen molar-refractivity contribution in [2.75, 3.05) is 7.05 Å². The Bertz CT molecular complexity index is 1060. The van der Waals surface area contributed by atoms with Gasteiger partial charge in [-0.2, -0.15) is 5.10 Å². The van der Waals surface area contributed by atoms with Crippen molar-refractivity contribution in [2.24, 2.45) is 0 Å². The molecule has 0 saturated heterocycles. The SMILES string of the molecule is CN1C(=O)c2cc(C(=O)NCc3cccc(Cl)c3)nn2CC1(C)C(=O)NC1CCCCCC1. The first-order valence-electron chi connectivity index (χ1n) is 11.5. The first kappa shape index (κ1) is 23.3. The van der Waals surface area contributed by atoms with Crippen molar-refractivity contribution in [1.82, 2.24) is 25.3 Å². The normalized spacial score (nSPS) is 21.3. The van der Waals surface area contributed by atoms with E-state index in [-0.39, 0.29) is 36.6 Å². The van der Waals surface area contributed by atoms with Crippen molar-refractivity contribution in [3.63, 3.8) is 0 Å². The third-order valence-corrected chi connectivity index (χ3v) is 6.99. The second-order valence-electron chi connectivity index (χ2n) is 9.19. The number of fused-ring (bicyclic) bond motifs is 1. The largest absolute Gasteiger partial charge is 0.351 e. The summed E-state index contributed by atoms with van der Waals surface area (Å²) in [4.78, 5) is 40.5. The van der Waals surface area contributed by atoms with Crippen LogP contribution in [-0.4, -0.2) is 51.0 Å². The van der Waals surface area contributed by atoms with Crippen LogP contribution in [0.4, 0.5) is 0 Å². The molecule has 9 heteroatoms. The maximum atomic E-state index is 13.3. The second kappa shape index (κ2) is 9.55. The van der Waals surface area contributed by atoms with Crippen LogP contribution in [0.1, 0.15) is 72.0 Å². The highest BCUT2D eigenvalue weighted by Gasteiger charge is 2.46. The lowest BCUT2D eigenvalue weighted by Crippen LogP contribution is -2.63. The molecule has 1 saturated carbocycles. The van der Waals surface area contributed by atoms with Crippen LogP contribution in [0.3, 0.4) is 0 Å². The van der Waals surface area contributed by atoms with Crippen LogP contribution in [0.15, 0.2) is 30.3 Å². The summed E-state index contributed by atoms with van der Waals surface area (Å²) in [5.74, 6) is -0.906. The smallest absolute Gasteiger partial charge is 0.272 e. The standard InChI is InChI=1S/C24H30ClN5O3/c1-24(23(33)27-18-10-5-3-4-6-11-18)15-30-20(22(32)29(24)2)13-19(28-30)21(31)26-14-16-8-7-9-17(25)12-16/h7-9,12-13,18H,3-6,10-11,14-15H2,1-2H3,(H,26,31)(H,27,33). The van der Waals surface area contributed by atoms with Crippen LogP contribution in [0.5, 0.6) is 0 Å². The van der Waals surface area contributed by atoms with E-state index in [1.54, 1.807) is 26.1 Å². The molecule has 0 radical (unpaired) electrons. The van der Waals surface area contributed by atoms with Gasteiger partial charge in [0.15, 0.2) is 5.69 Å². The summed E-state index contributed by atoms with van der Waals surface area (Å²) in [5.41, 5.74) is 0.211. The Kier molecular flexibility index (Phi) is 6.74. The fourth-order valence-corrected chi connectivity index (χ4v) is 4.74. The zero-order valence-corrected chi connectivity index (χ0v) is 19.8. The van der Waals surface area contributed by atoms with Gasteiger partial charge in [0.25, 0.3) is 11.8 Å². The Hall–Kier alpha value is -2.87. The van der Waals surface area contributed by atoms with E-state index in [1.165, 1.54) is 28.5 Å². The molecule has 1 unspecified atom stereocenters. The maximum Gasteiger partial charge on any atom is 0.272 e. The van der Waals surface area contributed by atoms with E-state index in [4.69, 9.17) is 11.6 Å². The van der Waals surface area contributed by atoms with Gasteiger partial charge in [-0.1, -0.05) is 49.4 Å². The number of hydrogen-bond acceptors (Lipinski definition) is 4. The molecule has 1 aliphatic heterocycles. The molecule has 0 bridgehead atoms. The molecule has 2 heterocycles. The summed E-state index contributed by atoms with van der Waals surface area (Å²) in [6.07, 6.45) is 6.52. The number of nitrogens with zero attached hydrogens (tertiary/aromatic N) is 3. The van der Waals surface area contributed by atoms with Crippen LogP contribution in [0, 0.1) is 0 Å². The topological polar surface area (TPSA) is 96.3 Å². The van der Waals surface area contributed by atoms with Gasteiger partial charge in [-0.05, 0) is 37.5 Å². The van der Waals surface area contributed by atoms with E-state index in [0.717, 1.165) is 31.2 Å². The molecule has 1 aliphatic carbocycles. The number of benzene rings is 1. The Morgan fingerprint density at radius 3 is 2.61 bits per heavy atom. The van der Waals surface area contributed by atoms with E-state index in [1.807, 2.05) is 12.1 Å². The number of hydrogen-bond donors (Lipinski definition) is 2. The van der Waals surface area contributed by atoms with Gasteiger partial charge >= 0.3 is 0 Å². The van der Waals surface area contributed by atoms with Gasteiger partial charge in [0, 0.05) is 30.7 Å². The van der Waals surface area contributed by atoms with Gasteiger partial charge in [0.1, 0.15) is 11.2 Å². The average molecular weight is 472 g/mol. The first-order valence-corrected chi connectivity index (χ1v) is 11.9. The van der Waals surface area contributed by atoms with Gasteiger partial charge < -0.3 is 15.5 Å². The lowest BCUT2D eigenvalue weighted by molar-refractivity contribution is -0.133. The quantitative estimate of drug-likeness (QED) is 0.655. The number of carbonyl (C=O) groups is 3. The highest BCUT2D eigenvalue weighted by atomic mass is 35.5. The molecular formula is C24H30ClN5O3. The molecular weight excluding hydrogens is 442 g/mol. The Morgan fingerprint density at radius 1 is 1.18 bits per heavy atom. The number of aromatic nitrogens is 2. The van der Waals surface area contributed by atoms with Crippen molar-refractivity contribution in [2.45, 2.75) is 70.1 Å². The van der Waals surface area contributed by atoms with E-state index in [9.17, 15) is 14.4 Å². The van der Waals surface area contributed by atoms with E-state index in [0.29, 0.717) is 10.7 Å². The van der Waals surface area contributed by atoms with Gasteiger partial charge in [-0.15, -0.1) is 0 Å². The molecule has 2 N–H and O–H groups in total. The molecule has 33 heavy (non-hydrogen) atoms. The monoisotopic (exact) mass is 471 g/mol. The molecule has 3 amide bonds.